The molecule has 0 radical (unpaired) electrons. The van der Waals surface area contributed by atoms with Gasteiger partial charge in [0.2, 0.25) is 0 Å². The van der Waals surface area contributed by atoms with Crippen molar-refractivity contribution in [3.8, 4) is 11.5 Å². The number of ether oxygens (including phenoxy) is 2. The van der Waals surface area contributed by atoms with Crippen LogP contribution in [0.4, 0.5) is 5.13 Å². The van der Waals surface area contributed by atoms with Crippen LogP contribution in [0.25, 0.3) is 16.0 Å². The molecular formula is C34H25ClN2O5S. The highest BCUT2D eigenvalue weighted by Crippen LogP contribution is 2.45. The first kappa shape index (κ1) is 27.2. The SMILES string of the molecule is C[C@@H]1Cc2cc(C(O)=C3C(=O)C(=O)N(c4nc5ccc(Cl)cc5s4)[C@@H]3c3ccc(OCc4ccccc4)cc3)ccc2O1. The number of aliphatic hydroxyl groups excluding tert-OH is 1. The molecule has 0 bridgehead atoms. The van der Waals surface area contributed by atoms with E-state index < -0.39 is 17.7 Å². The number of hydrogen-bond donors (Lipinski definition) is 1. The number of amides is 1. The Labute approximate surface area is 256 Å². The first-order valence-corrected chi connectivity index (χ1v) is 15.0. The summed E-state index contributed by atoms with van der Waals surface area (Å²) >= 11 is 7.47. The third-order valence-electron chi connectivity index (χ3n) is 7.60. The Morgan fingerprint density at radius 2 is 1.84 bits per heavy atom. The van der Waals surface area contributed by atoms with Crippen LogP contribution in [-0.4, -0.2) is 27.9 Å². The van der Waals surface area contributed by atoms with E-state index in [4.69, 9.17) is 21.1 Å². The maximum Gasteiger partial charge on any atom is 0.301 e. The van der Waals surface area contributed by atoms with Crippen LogP contribution in [0.15, 0.2) is 96.6 Å². The number of carbonyl (C=O) groups excluding carboxylic acids is 2. The zero-order valence-corrected chi connectivity index (χ0v) is 24.6. The predicted octanol–water partition coefficient (Wildman–Crippen LogP) is 7.48. The van der Waals surface area contributed by atoms with Crippen LogP contribution in [0.2, 0.25) is 5.02 Å². The molecule has 4 aromatic carbocycles. The van der Waals surface area contributed by atoms with Crippen molar-refractivity contribution < 1.29 is 24.2 Å². The first-order chi connectivity index (χ1) is 20.9. The van der Waals surface area contributed by atoms with E-state index in [9.17, 15) is 14.7 Å². The lowest BCUT2D eigenvalue weighted by Gasteiger charge is -2.23. The Bertz CT molecular complexity index is 1920. The minimum Gasteiger partial charge on any atom is -0.507 e. The maximum atomic E-state index is 13.7. The molecular weight excluding hydrogens is 584 g/mol. The van der Waals surface area contributed by atoms with Crippen molar-refractivity contribution in [2.45, 2.75) is 32.1 Å². The monoisotopic (exact) mass is 608 g/mol. The van der Waals surface area contributed by atoms with Crippen molar-refractivity contribution >= 4 is 55.7 Å². The molecule has 0 saturated carbocycles. The molecule has 43 heavy (non-hydrogen) atoms. The average Bonchev–Trinajstić information content (AvgIpc) is 3.68. The van der Waals surface area contributed by atoms with E-state index in [-0.39, 0.29) is 17.4 Å². The van der Waals surface area contributed by atoms with Gasteiger partial charge in [0.25, 0.3) is 5.78 Å². The molecule has 0 spiro atoms. The highest BCUT2D eigenvalue weighted by atomic mass is 35.5. The number of anilines is 1. The smallest absolute Gasteiger partial charge is 0.301 e. The Hall–Kier alpha value is -4.66. The van der Waals surface area contributed by atoms with E-state index in [0.29, 0.717) is 45.6 Å². The zero-order valence-electron chi connectivity index (χ0n) is 23.0. The molecule has 2 atom stereocenters. The molecule has 2 aliphatic heterocycles. The van der Waals surface area contributed by atoms with Crippen molar-refractivity contribution in [3.05, 3.63) is 124 Å². The number of Topliss-reactive ketones (excluding diaryl/α,β-unsaturated/α-hetero) is 1. The van der Waals surface area contributed by atoms with Gasteiger partial charge in [-0.3, -0.25) is 14.5 Å². The summed E-state index contributed by atoms with van der Waals surface area (Å²) in [7, 11) is 0. The van der Waals surface area contributed by atoms with Gasteiger partial charge in [0.05, 0.1) is 21.8 Å². The summed E-state index contributed by atoms with van der Waals surface area (Å²) in [5.41, 5.74) is 3.69. The summed E-state index contributed by atoms with van der Waals surface area (Å²) < 4.78 is 12.6. The number of carbonyl (C=O) groups is 2. The summed E-state index contributed by atoms with van der Waals surface area (Å²) in [5, 5.41) is 12.5. The number of rotatable bonds is 6. The van der Waals surface area contributed by atoms with E-state index >= 15 is 0 Å². The van der Waals surface area contributed by atoms with Crippen molar-refractivity contribution in [1.82, 2.24) is 4.98 Å². The van der Waals surface area contributed by atoms with Crippen molar-refractivity contribution in [2.75, 3.05) is 4.90 Å². The summed E-state index contributed by atoms with van der Waals surface area (Å²) in [4.78, 5) is 33.4. The maximum absolute atomic E-state index is 13.7. The van der Waals surface area contributed by atoms with E-state index in [1.54, 1.807) is 54.6 Å². The van der Waals surface area contributed by atoms with Crippen molar-refractivity contribution in [2.24, 2.45) is 0 Å². The first-order valence-electron chi connectivity index (χ1n) is 13.8. The van der Waals surface area contributed by atoms with Crippen LogP contribution in [0.5, 0.6) is 11.5 Å². The molecule has 2 aliphatic rings. The summed E-state index contributed by atoms with van der Waals surface area (Å²) in [5.74, 6) is -0.414. The lowest BCUT2D eigenvalue weighted by Crippen LogP contribution is -2.29. The molecule has 1 aromatic heterocycles. The van der Waals surface area contributed by atoms with Crippen molar-refractivity contribution in [1.29, 1.82) is 0 Å². The molecule has 1 fully saturated rings. The highest BCUT2D eigenvalue weighted by Gasteiger charge is 2.48. The van der Waals surface area contributed by atoms with E-state index in [1.165, 1.54) is 16.2 Å². The number of halogens is 1. The molecule has 0 aliphatic carbocycles. The third-order valence-corrected chi connectivity index (χ3v) is 8.86. The Morgan fingerprint density at radius 1 is 1.05 bits per heavy atom. The topological polar surface area (TPSA) is 89.0 Å². The van der Waals surface area contributed by atoms with Crippen LogP contribution in [0, 0.1) is 0 Å². The van der Waals surface area contributed by atoms with Crippen LogP contribution < -0.4 is 14.4 Å². The zero-order chi connectivity index (χ0) is 29.7. The molecule has 3 heterocycles. The summed E-state index contributed by atoms with van der Waals surface area (Å²) in [6, 6.07) is 26.7. The molecule has 1 N–H and O–H groups in total. The van der Waals surface area contributed by atoms with E-state index in [2.05, 4.69) is 4.98 Å². The van der Waals surface area contributed by atoms with E-state index in [0.717, 1.165) is 21.6 Å². The molecule has 7 rings (SSSR count). The van der Waals surface area contributed by atoms with Gasteiger partial charge < -0.3 is 14.6 Å². The van der Waals surface area contributed by atoms with Gasteiger partial charge in [0.1, 0.15) is 30.0 Å². The molecule has 7 nitrogen and oxygen atoms in total. The Kier molecular flexibility index (Phi) is 6.88. The second kappa shape index (κ2) is 10.9. The quantitative estimate of drug-likeness (QED) is 0.122. The van der Waals surface area contributed by atoms with Gasteiger partial charge in [-0.1, -0.05) is 65.4 Å². The highest BCUT2D eigenvalue weighted by molar-refractivity contribution is 7.22. The van der Waals surface area contributed by atoms with Crippen LogP contribution >= 0.6 is 22.9 Å². The average molecular weight is 609 g/mol. The third kappa shape index (κ3) is 5.02. The summed E-state index contributed by atoms with van der Waals surface area (Å²) in [6.07, 6.45) is 0.709. The number of benzene rings is 4. The lowest BCUT2D eigenvalue weighted by atomic mass is 9.94. The number of nitrogens with zero attached hydrogens (tertiary/aromatic N) is 2. The molecule has 214 valence electrons. The van der Waals surface area contributed by atoms with E-state index in [1.807, 2.05) is 43.3 Å². The van der Waals surface area contributed by atoms with Crippen molar-refractivity contribution in [3.63, 3.8) is 0 Å². The predicted molar refractivity (Wildman–Crippen MR) is 167 cm³/mol. The van der Waals surface area contributed by atoms with Crippen LogP contribution in [0.3, 0.4) is 0 Å². The Morgan fingerprint density at radius 3 is 2.63 bits per heavy atom. The second-order valence-corrected chi connectivity index (χ2v) is 12.0. The van der Waals surface area contributed by atoms with Gasteiger partial charge in [-0.15, -0.1) is 0 Å². The molecule has 0 unspecified atom stereocenters. The minimum atomic E-state index is -0.914. The number of thiazole rings is 1. The number of hydrogen-bond acceptors (Lipinski definition) is 7. The minimum absolute atomic E-state index is 0.00726. The molecule has 5 aromatic rings. The van der Waals surface area contributed by atoms with Gasteiger partial charge >= 0.3 is 5.91 Å². The lowest BCUT2D eigenvalue weighted by molar-refractivity contribution is -0.132. The van der Waals surface area contributed by atoms with Gasteiger partial charge in [-0.25, -0.2) is 4.98 Å². The number of ketones is 1. The second-order valence-electron chi connectivity index (χ2n) is 10.6. The van der Waals surface area contributed by atoms with Gasteiger partial charge in [0, 0.05) is 17.0 Å². The standard InChI is InChI=1S/C34H25ClN2O5S/c1-19-15-23-16-22(9-14-27(23)42-19)31(38)29-30(21-7-11-25(12-8-21)41-18-20-5-3-2-4-6-20)37(33(40)32(29)39)34-36-26-13-10-24(35)17-28(26)43-34/h2-14,16-17,19,30,38H,15,18H2,1H3/t19-,30-/m1/s1. The fraction of sp³-hybridized carbons (Fsp3) is 0.147. The van der Waals surface area contributed by atoms with Gasteiger partial charge in [0.15, 0.2) is 5.13 Å². The van der Waals surface area contributed by atoms with Gasteiger partial charge in [-0.05, 0) is 72.1 Å². The fourth-order valence-corrected chi connectivity index (χ4v) is 6.81. The number of aliphatic hydroxyl groups is 1. The largest absolute Gasteiger partial charge is 0.507 e. The molecule has 9 heteroatoms. The fourth-order valence-electron chi connectivity index (χ4n) is 5.55. The molecule has 1 saturated heterocycles. The number of fused-ring (bicyclic) bond motifs is 2. The summed E-state index contributed by atoms with van der Waals surface area (Å²) in [6.45, 7) is 2.37. The Balaban J connectivity index is 1.31. The number of aromatic nitrogens is 1. The van der Waals surface area contributed by atoms with Crippen LogP contribution in [-0.2, 0) is 22.6 Å². The van der Waals surface area contributed by atoms with Gasteiger partial charge in [-0.2, -0.15) is 0 Å². The normalized spacial score (nSPS) is 19.1. The van der Waals surface area contributed by atoms with Crippen LogP contribution in [0.1, 0.15) is 35.2 Å². The molecule has 1 amide bonds.